The van der Waals surface area contributed by atoms with Crippen LogP contribution in [0.3, 0.4) is 0 Å². The fourth-order valence-corrected chi connectivity index (χ4v) is 3.46. The first kappa shape index (κ1) is 21.6. The maximum atomic E-state index is 12.9. The van der Waals surface area contributed by atoms with Crippen LogP contribution in [-0.4, -0.2) is 34.8 Å². The second-order valence-corrected chi connectivity index (χ2v) is 7.77. The Kier molecular flexibility index (Phi) is 10.4. The zero-order valence-corrected chi connectivity index (χ0v) is 17.0. The van der Waals surface area contributed by atoms with Crippen molar-refractivity contribution in [2.75, 3.05) is 18.4 Å². The summed E-state index contributed by atoms with van der Waals surface area (Å²) >= 11 is 1.45. The van der Waals surface area contributed by atoms with Crippen LogP contribution in [0.4, 0.5) is 5.13 Å². The van der Waals surface area contributed by atoms with E-state index in [1.165, 1.54) is 11.3 Å². The van der Waals surface area contributed by atoms with Crippen molar-refractivity contribution >= 4 is 28.3 Å². The molecular formula is C19H33N3O2S. The standard InChI is InChI=1S/C19H33N3O2S/c1-5-8-10-12-22(18(24)16(7-3)11-9-6-2)14-17(23)21-19-20-13-15(4)25-19/h13,16H,5-12,14H2,1-4H3,(H,20,21,23)/t16-/m0/s1. The SMILES string of the molecule is CCCCCN(CC(=O)Nc1ncc(C)s1)C(=O)[C@@H](CC)CCCC. The molecule has 0 bridgehead atoms. The topological polar surface area (TPSA) is 62.3 Å². The molecule has 0 saturated carbocycles. The quantitative estimate of drug-likeness (QED) is 0.548. The third kappa shape index (κ3) is 7.99. The molecule has 0 aromatic carbocycles. The fourth-order valence-electron chi connectivity index (χ4n) is 2.78. The third-order valence-electron chi connectivity index (χ3n) is 4.29. The monoisotopic (exact) mass is 367 g/mol. The van der Waals surface area contributed by atoms with E-state index in [9.17, 15) is 9.59 Å². The molecule has 0 fully saturated rings. The Hall–Kier alpha value is -1.43. The molecule has 1 heterocycles. The van der Waals surface area contributed by atoms with Crippen LogP contribution >= 0.6 is 11.3 Å². The highest BCUT2D eigenvalue weighted by Crippen LogP contribution is 2.18. The number of aryl methyl sites for hydroxylation is 1. The number of carbonyl (C=O) groups is 2. The molecule has 0 aliphatic heterocycles. The summed E-state index contributed by atoms with van der Waals surface area (Å²) in [6.45, 7) is 9.05. The van der Waals surface area contributed by atoms with Gasteiger partial charge in [0.1, 0.15) is 0 Å². The number of rotatable bonds is 12. The van der Waals surface area contributed by atoms with Gasteiger partial charge in [0, 0.05) is 23.5 Å². The Balaban J connectivity index is 2.69. The molecule has 0 aliphatic carbocycles. The van der Waals surface area contributed by atoms with Gasteiger partial charge in [-0.2, -0.15) is 0 Å². The average molecular weight is 368 g/mol. The molecule has 0 unspecified atom stereocenters. The van der Waals surface area contributed by atoms with E-state index in [2.05, 4.69) is 31.1 Å². The second kappa shape index (κ2) is 12.0. The number of aromatic nitrogens is 1. The van der Waals surface area contributed by atoms with E-state index in [1.807, 2.05) is 6.92 Å². The minimum absolute atomic E-state index is 0.0245. The first-order chi connectivity index (χ1) is 12.0. The number of hydrogen-bond donors (Lipinski definition) is 1. The number of carbonyl (C=O) groups excluding carboxylic acids is 2. The Labute approximate surface area is 156 Å². The molecule has 25 heavy (non-hydrogen) atoms. The Bertz CT molecular complexity index is 530. The normalized spacial score (nSPS) is 12.0. The number of anilines is 1. The molecule has 0 saturated heterocycles. The van der Waals surface area contributed by atoms with Gasteiger partial charge in [-0.05, 0) is 26.2 Å². The lowest BCUT2D eigenvalue weighted by Crippen LogP contribution is -2.41. The molecule has 1 atom stereocenters. The third-order valence-corrected chi connectivity index (χ3v) is 5.12. The van der Waals surface area contributed by atoms with Crippen molar-refractivity contribution in [1.29, 1.82) is 0 Å². The van der Waals surface area contributed by atoms with Crippen molar-refractivity contribution in [2.24, 2.45) is 5.92 Å². The number of nitrogens with zero attached hydrogens (tertiary/aromatic N) is 2. The van der Waals surface area contributed by atoms with Crippen LogP contribution in [0.25, 0.3) is 0 Å². The number of unbranched alkanes of at least 4 members (excludes halogenated alkanes) is 3. The molecule has 142 valence electrons. The van der Waals surface area contributed by atoms with Gasteiger partial charge in [-0.1, -0.05) is 46.5 Å². The van der Waals surface area contributed by atoms with Crippen molar-refractivity contribution in [2.45, 2.75) is 72.6 Å². The summed E-state index contributed by atoms with van der Waals surface area (Å²) in [5.41, 5.74) is 0. The van der Waals surface area contributed by atoms with Crippen LogP contribution in [0.15, 0.2) is 6.20 Å². The van der Waals surface area contributed by atoms with Crippen molar-refractivity contribution in [3.8, 4) is 0 Å². The van der Waals surface area contributed by atoms with Crippen LogP contribution in [0.1, 0.15) is 70.6 Å². The molecule has 0 radical (unpaired) electrons. The zero-order valence-electron chi connectivity index (χ0n) is 16.1. The Morgan fingerprint density at radius 1 is 1.20 bits per heavy atom. The molecule has 1 N–H and O–H groups in total. The van der Waals surface area contributed by atoms with Crippen molar-refractivity contribution in [1.82, 2.24) is 9.88 Å². The number of hydrogen-bond acceptors (Lipinski definition) is 4. The summed E-state index contributed by atoms with van der Waals surface area (Å²) in [5, 5.41) is 3.41. The number of nitrogens with one attached hydrogen (secondary N) is 1. The van der Waals surface area contributed by atoms with Gasteiger partial charge >= 0.3 is 0 Å². The molecule has 5 nitrogen and oxygen atoms in total. The lowest BCUT2D eigenvalue weighted by atomic mass is 9.97. The molecule has 1 rings (SSSR count). The Morgan fingerprint density at radius 3 is 2.48 bits per heavy atom. The summed E-state index contributed by atoms with van der Waals surface area (Å²) in [4.78, 5) is 32.2. The van der Waals surface area contributed by atoms with Crippen LogP contribution in [0.5, 0.6) is 0 Å². The lowest BCUT2D eigenvalue weighted by molar-refractivity contribution is -0.138. The van der Waals surface area contributed by atoms with Crippen molar-refractivity contribution in [3.63, 3.8) is 0 Å². The van der Waals surface area contributed by atoms with Crippen LogP contribution in [-0.2, 0) is 9.59 Å². The molecule has 1 aromatic heterocycles. The summed E-state index contributed by atoms with van der Waals surface area (Å²) in [6.07, 6.45) is 8.72. The van der Waals surface area contributed by atoms with Gasteiger partial charge in [-0.3, -0.25) is 9.59 Å². The predicted molar refractivity (Wildman–Crippen MR) is 105 cm³/mol. The predicted octanol–water partition coefficient (Wildman–Crippen LogP) is 4.63. The van der Waals surface area contributed by atoms with Crippen molar-refractivity contribution < 1.29 is 9.59 Å². The van der Waals surface area contributed by atoms with E-state index in [0.717, 1.165) is 49.8 Å². The highest BCUT2D eigenvalue weighted by Gasteiger charge is 2.24. The fraction of sp³-hybridized carbons (Fsp3) is 0.737. The van der Waals surface area contributed by atoms with Crippen LogP contribution < -0.4 is 5.32 Å². The van der Waals surface area contributed by atoms with Crippen LogP contribution in [0.2, 0.25) is 0 Å². The van der Waals surface area contributed by atoms with Gasteiger partial charge in [0.25, 0.3) is 0 Å². The highest BCUT2D eigenvalue weighted by atomic mass is 32.1. The van der Waals surface area contributed by atoms with Gasteiger partial charge in [-0.25, -0.2) is 4.98 Å². The van der Waals surface area contributed by atoms with E-state index in [4.69, 9.17) is 0 Å². The van der Waals surface area contributed by atoms with Crippen LogP contribution in [0, 0.1) is 12.8 Å². The van der Waals surface area contributed by atoms with Gasteiger partial charge in [0.15, 0.2) is 5.13 Å². The highest BCUT2D eigenvalue weighted by molar-refractivity contribution is 7.15. The first-order valence-corrected chi connectivity index (χ1v) is 10.3. The maximum absolute atomic E-state index is 12.9. The molecular weight excluding hydrogens is 334 g/mol. The smallest absolute Gasteiger partial charge is 0.245 e. The molecule has 0 spiro atoms. The van der Waals surface area contributed by atoms with E-state index in [0.29, 0.717) is 11.7 Å². The van der Waals surface area contributed by atoms with Gasteiger partial charge in [-0.15, -0.1) is 11.3 Å². The average Bonchev–Trinajstić information content (AvgIpc) is 2.99. The van der Waals surface area contributed by atoms with Crippen molar-refractivity contribution in [3.05, 3.63) is 11.1 Å². The van der Waals surface area contributed by atoms with Gasteiger partial charge < -0.3 is 10.2 Å². The second-order valence-electron chi connectivity index (χ2n) is 6.54. The summed E-state index contributed by atoms with van der Waals surface area (Å²) in [6, 6.07) is 0. The molecule has 1 aromatic rings. The minimum atomic E-state index is -0.162. The van der Waals surface area contributed by atoms with E-state index >= 15 is 0 Å². The number of thiazole rings is 1. The molecule has 0 aliphatic rings. The van der Waals surface area contributed by atoms with E-state index in [-0.39, 0.29) is 24.3 Å². The summed E-state index contributed by atoms with van der Waals surface area (Å²) in [7, 11) is 0. The number of amides is 2. The minimum Gasteiger partial charge on any atom is -0.333 e. The van der Waals surface area contributed by atoms with E-state index in [1.54, 1.807) is 11.1 Å². The largest absolute Gasteiger partial charge is 0.333 e. The maximum Gasteiger partial charge on any atom is 0.245 e. The summed E-state index contributed by atoms with van der Waals surface area (Å²) in [5.74, 6) is -0.0152. The van der Waals surface area contributed by atoms with Gasteiger partial charge in [0.2, 0.25) is 11.8 Å². The molecule has 6 heteroatoms. The molecule has 2 amide bonds. The first-order valence-electron chi connectivity index (χ1n) is 9.52. The van der Waals surface area contributed by atoms with Gasteiger partial charge in [0.05, 0.1) is 6.54 Å². The zero-order chi connectivity index (χ0) is 18.7. The lowest BCUT2D eigenvalue weighted by Gasteiger charge is -2.26. The Morgan fingerprint density at radius 2 is 1.92 bits per heavy atom. The summed E-state index contributed by atoms with van der Waals surface area (Å²) < 4.78 is 0. The van der Waals surface area contributed by atoms with E-state index < -0.39 is 0 Å².